The van der Waals surface area contributed by atoms with Gasteiger partial charge >= 0.3 is 5.97 Å². The summed E-state index contributed by atoms with van der Waals surface area (Å²) in [6, 6.07) is 14.2. The highest BCUT2D eigenvalue weighted by molar-refractivity contribution is 7.14. The summed E-state index contributed by atoms with van der Waals surface area (Å²) < 4.78 is 15.6. The van der Waals surface area contributed by atoms with Gasteiger partial charge in [-0.3, -0.25) is 4.79 Å². The Morgan fingerprint density at radius 1 is 1.04 bits per heavy atom. The molecule has 6 nitrogen and oxygen atoms in total. The van der Waals surface area contributed by atoms with Crippen molar-refractivity contribution in [2.45, 2.75) is 6.92 Å². The Balaban J connectivity index is 1.76. The van der Waals surface area contributed by atoms with Gasteiger partial charge in [-0.2, -0.15) is 0 Å². The van der Waals surface area contributed by atoms with Crippen molar-refractivity contribution in [3.05, 3.63) is 64.0 Å². The van der Waals surface area contributed by atoms with E-state index >= 15 is 0 Å². The van der Waals surface area contributed by atoms with Gasteiger partial charge in [-0.25, -0.2) is 9.78 Å². The largest absolute Gasteiger partial charge is 0.497 e. The summed E-state index contributed by atoms with van der Waals surface area (Å²) in [5.41, 5.74) is 1.70. The Hall–Kier alpha value is -3.19. The zero-order valence-corrected chi connectivity index (χ0v) is 16.5. The second-order valence-corrected chi connectivity index (χ2v) is 7.05. The minimum atomic E-state index is -0.578. The molecule has 0 bridgehead atoms. The molecule has 1 aromatic heterocycles. The standard InChI is InChI=1S/C21H19NO5S/c1-13-22-19(14-7-5-4-6-8-14)20(28-13)21(24)27-12-17(23)16-10-9-15(25-2)11-18(16)26-3/h4-11H,12H2,1-3H3. The number of aryl methyl sites for hydroxylation is 1. The van der Waals surface area contributed by atoms with Crippen molar-refractivity contribution >= 4 is 23.1 Å². The Kier molecular flexibility index (Phi) is 6.06. The van der Waals surface area contributed by atoms with E-state index < -0.39 is 12.6 Å². The minimum absolute atomic E-state index is 0.319. The summed E-state index contributed by atoms with van der Waals surface area (Å²) in [6.07, 6.45) is 0. The van der Waals surface area contributed by atoms with Crippen molar-refractivity contribution < 1.29 is 23.8 Å². The third-order valence-electron chi connectivity index (χ3n) is 4.01. The van der Waals surface area contributed by atoms with E-state index in [1.807, 2.05) is 37.3 Å². The number of carbonyl (C=O) groups excluding carboxylic acids is 2. The third-order valence-corrected chi connectivity index (χ3v) is 4.96. The molecule has 0 radical (unpaired) electrons. The molecule has 0 aliphatic heterocycles. The van der Waals surface area contributed by atoms with Crippen molar-refractivity contribution in [1.82, 2.24) is 4.98 Å². The number of aromatic nitrogens is 1. The first-order chi connectivity index (χ1) is 13.5. The molecule has 0 saturated carbocycles. The van der Waals surface area contributed by atoms with Crippen LogP contribution in [0.1, 0.15) is 25.0 Å². The van der Waals surface area contributed by atoms with Crippen molar-refractivity contribution in [3.8, 4) is 22.8 Å². The molecule has 2 aromatic carbocycles. The Morgan fingerprint density at radius 2 is 1.79 bits per heavy atom. The van der Waals surface area contributed by atoms with Crippen LogP contribution in [0.4, 0.5) is 0 Å². The molecule has 0 saturated heterocycles. The summed E-state index contributed by atoms with van der Waals surface area (Å²) >= 11 is 1.24. The molecule has 0 aliphatic carbocycles. The highest BCUT2D eigenvalue weighted by Crippen LogP contribution is 2.29. The van der Waals surface area contributed by atoms with Gasteiger partial charge in [0.1, 0.15) is 16.4 Å². The Labute approximate surface area is 166 Å². The quantitative estimate of drug-likeness (QED) is 0.440. The van der Waals surface area contributed by atoms with Crippen LogP contribution in [-0.2, 0) is 4.74 Å². The zero-order chi connectivity index (χ0) is 20.1. The fourth-order valence-corrected chi connectivity index (χ4v) is 3.50. The van der Waals surface area contributed by atoms with Crippen molar-refractivity contribution in [3.63, 3.8) is 0 Å². The topological polar surface area (TPSA) is 74.7 Å². The van der Waals surface area contributed by atoms with Gasteiger partial charge < -0.3 is 14.2 Å². The lowest BCUT2D eigenvalue weighted by Crippen LogP contribution is -2.15. The maximum Gasteiger partial charge on any atom is 0.351 e. The highest BCUT2D eigenvalue weighted by atomic mass is 32.1. The van der Waals surface area contributed by atoms with Crippen LogP contribution in [0.2, 0.25) is 0 Å². The van der Waals surface area contributed by atoms with Gasteiger partial charge in [0.25, 0.3) is 0 Å². The second kappa shape index (κ2) is 8.67. The van der Waals surface area contributed by atoms with Gasteiger partial charge in [-0.05, 0) is 19.1 Å². The maximum absolute atomic E-state index is 12.6. The van der Waals surface area contributed by atoms with Crippen LogP contribution < -0.4 is 9.47 Å². The number of benzene rings is 2. The molecule has 0 fully saturated rings. The summed E-state index contributed by atoms with van der Waals surface area (Å²) in [6.45, 7) is 1.42. The molecule has 0 unspecified atom stereocenters. The molecule has 0 spiro atoms. The number of hydrogen-bond donors (Lipinski definition) is 0. The number of esters is 1. The van der Waals surface area contributed by atoms with Crippen molar-refractivity contribution in [2.24, 2.45) is 0 Å². The molecular weight excluding hydrogens is 378 g/mol. The van der Waals surface area contributed by atoms with Gasteiger partial charge in [-0.15, -0.1) is 11.3 Å². The highest BCUT2D eigenvalue weighted by Gasteiger charge is 2.21. The number of methoxy groups -OCH3 is 2. The van der Waals surface area contributed by atoms with E-state index in [2.05, 4.69) is 4.98 Å². The predicted octanol–water partition coefficient (Wildman–Crippen LogP) is 4.18. The number of nitrogens with zero attached hydrogens (tertiary/aromatic N) is 1. The fourth-order valence-electron chi connectivity index (χ4n) is 2.66. The van der Waals surface area contributed by atoms with Crippen LogP contribution in [0.5, 0.6) is 11.5 Å². The smallest absolute Gasteiger partial charge is 0.351 e. The number of hydrogen-bond acceptors (Lipinski definition) is 7. The average Bonchev–Trinajstić information content (AvgIpc) is 3.13. The van der Waals surface area contributed by atoms with E-state index in [0.717, 1.165) is 10.6 Å². The first-order valence-corrected chi connectivity index (χ1v) is 9.30. The first kappa shape index (κ1) is 19.6. The molecule has 0 amide bonds. The summed E-state index contributed by atoms with van der Waals surface area (Å²) in [5, 5.41) is 0.744. The Morgan fingerprint density at radius 3 is 2.46 bits per heavy atom. The van der Waals surface area contributed by atoms with Crippen LogP contribution in [0, 0.1) is 6.92 Å². The molecule has 144 valence electrons. The zero-order valence-electron chi connectivity index (χ0n) is 15.7. The molecule has 3 aromatic rings. The van der Waals surface area contributed by atoms with E-state index in [0.29, 0.717) is 27.6 Å². The summed E-state index contributed by atoms with van der Waals surface area (Å²) in [7, 11) is 2.99. The lowest BCUT2D eigenvalue weighted by molar-refractivity contribution is 0.0479. The van der Waals surface area contributed by atoms with E-state index in [9.17, 15) is 9.59 Å². The van der Waals surface area contributed by atoms with Gasteiger partial charge in [0.15, 0.2) is 6.61 Å². The van der Waals surface area contributed by atoms with Gasteiger partial charge in [0, 0.05) is 11.6 Å². The summed E-state index contributed by atoms with van der Waals surface area (Å²) in [5.74, 6) is -0.0160. The van der Waals surface area contributed by atoms with Crippen LogP contribution in [0.25, 0.3) is 11.3 Å². The minimum Gasteiger partial charge on any atom is -0.497 e. The normalized spacial score (nSPS) is 10.4. The molecule has 0 aliphatic rings. The monoisotopic (exact) mass is 397 g/mol. The number of ketones is 1. The van der Waals surface area contributed by atoms with E-state index in [4.69, 9.17) is 14.2 Å². The van der Waals surface area contributed by atoms with Crippen LogP contribution in [0.3, 0.4) is 0 Å². The number of rotatable bonds is 7. The molecule has 3 rings (SSSR count). The molecule has 1 heterocycles. The van der Waals surface area contributed by atoms with E-state index in [-0.39, 0.29) is 5.78 Å². The van der Waals surface area contributed by atoms with Crippen LogP contribution >= 0.6 is 11.3 Å². The van der Waals surface area contributed by atoms with Crippen LogP contribution in [-0.4, -0.2) is 37.6 Å². The lowest BCUT2D eigenvalue weighted by Gasteiger charge is -2.10. The fraction of sp³-hybridized carbons (Fsp3) is 0.190. The number of ether oxygens (including phenoxy) is 3. The van der Waals surface area contributed by atoms with Gasteiger partial charge in [0.2, 0.25) is 5.78 Å². The maximum atomic E-state index is 12.6. The van der Waals surface area contributed by atoms with Gasteiger partial charge in [-0.1, -0.05) is 30.3 Å². The van der Waals surface area contributed by atoms with E-state index in [1.54, 1.807) is 18.2 Å². The number of thiazole rings is 1. The molecule has 7 heteroatoms. The predicted molar refractivity (Wildman–Crippen MR) is 106 cm³/mol. The molecule has 28 heavy (non-hydrogen) atoms. The lowest BCUT2D eigenvalue weighted by atomic mass is 10.1. The molecular formula is C21H19NO5S. The molecule has 0 atom stereocenters. The second-order valence-electron chi connectivity index (χ2n) is 5.84. The van der Waals surface area contributed by atoms with E-state index in [1.165, 1.54) is 25.6 Å². The van der Waals surface area contributed by atoms with Crippen LogP contribution in [0.15, 0.2) is 48.5 Å². The Bertz CT molecular complexity index is 997. The molecule has 0 N–H and O–H groups in total. The van der Waals surface area contributed by atoms with Gasteiger partial charge in [0.05, 0.1) is 30.5 Å². The number of carbonyl (C=O) groups is 2. The first-order valence-electron chi connectivity index (χ1n) is 8.48. The third kappa shape index (κ3) is 4.20. The number of Topliss-reactive ketones (excluding diaryl/α,β-unsaturated/α-hetero) is 1. The summed E-state index contributed by atoms with van der Waals surface area (Å²) in [4.78, 5) is 29.9. The van der Waals surface area contributed by atoms with Crippen molar-refractivity contribution in [1.29, 1.82) is 0 Å². The van der Waals surface area contributed by atoms with Crippen molar-refractivity contribution in [2.75, 3.05) is 20.8 Å². The average molecular weight is 397 g/mol. The SMILES string of the molecule is COc1ccc(C(=O)COC(=O)c2sc(C)nc2-c2ccccc2)c(OC)c1.